The molecule has 120 valence electrons. The number of aromatic nitrogens is 2. The van der Waals surface area contributed by atoms with Crippen LogP contribution in [0.15, 0.2) is 0 Å². The molecule has 1 aromatic heterocycles. The predicted molar refractivity (Wildman–Crippen MR) is 86.3 cm³/mol. The molecule has 21 heavy (non-hydrogen) atoms. The van der Waals surface area contributed by atoms with Crippen LogP contribution in [0.25, 0.3) is 0 Å². The lowest BCUT2D eigenvalue weighted by atomic mass is 9.93. The summed E-state index contributed by atoms with van der Waals surface area (Å²) in [6, 6.07) is 0.721. The molecule has 0 spiro atoms. The summed E-state index contributed by atoms with van der Waals surface area (Å²) >= 11 is 0. The summed E-state index contributed by atoms with van der Waals surface area (Å²) in [5.41, 5.74) is 3.70. The largest absolute Gasteiger partial charge is 0.394 e. The number of piperidine rings is 1. The first kappa shape index (κ1) is 16.5. The minimum atomic E-state index is 0.154. The summed E-state index contributed by atoms with van der Waals surface area (Å²) in [5.74, 6) is 0.759. The van der Waals surface area contributed by atoms with Gasteiger partial charge >= 0.3 is 0 Å². The first-order valence-electron chi connectivity index (χ1n) is 8.40. The van der Waals surface area contributed by atoms with E-state index in [9.17, 15) is 0 Å². The van der Waals surface area contributed by atoms with Gasteiger partial charge in [0.25, 0.3) is 0 Å². The molecule has 2 heterocycles. The quantitative estimate of drug-likeness (QED) is 0.877. The monoisotopic (exact) mass is 293 g/mol. The lowest BCUT2D eigenvalue weighted by molar-refractivity contribution is 0.121. The van der Waals surface area contributed by atoms with E-state index in [0.29, 0.717) is 6.54 Å². The molecule has 0 radical (unpaired) electrons. The normalized spacial score (nSPS) is 20.4. The Labute approximate surface area is 129 Å². The van der Waals surface area contributed by atoms with Crippen LogP contribution >= 0.6 is 0 Å². The van der Waals surface area contributed by atoms with Crippen molar-refractivity contribution in [3.8, 4) is 0 Å². The maximum absolute atomic E-state index is 9.14. The van der Waals surface area contributed by atoms with Crippen LogP contribution in [0.4, 0.5) is 0 Å². The number of hydrogen-bond donors (Lipinski definition) is 1. The predicted octanol–water partition coefficient (Wildman–Crippen LogP) is 2.89. The van der Waals surface area contributed by atoms with Gasteiger partial charge in [-0.15, -0.1) is 0 Å². The van der Waals surface area contributed by atoms with Gasteiger partial charge in [-0.3, -0.25) is 9.58 Å². The number of aliphatic hydroxyl groups excluding tert-OH is 1. The van der Waals surface area contributed by atoms with Crippen molar-refractivity contribution in [1.29, 1.82) is 0 Å². The first-order chi connectivity index (χ1) is 10.0. The molecule has 4 heteroatoms. The fraction of sp³-hybridized carbons (Fsp3) is 0.824. The van der Waals surface area contributed by atoms with Gasteiger partial charge in [-0.05, 0) is 45.6 Å². The Balaban J connectivity index is 2.11. The minimum absolute atomic E-state index is 0.154. The molecule has 4 nitrogen and oxygen atoms in total. The van der Waals surface area contributed by atoms with E-state index >= 15 is 0 Å². The third-order valence-electron chi connectivity index (χ3n) is 4.70. The van der Waals surface area contributed by atoms with E-state index in [1.807, 2.05) is 4.68 Å². The molecule has 1 saturated heterocycles. The second-order valence-corrected chi connectivity index (χ2v) is 6.85. The second-order valence-electron chi connectivity index (χ2n) is 6.85. The zero-order valence-corrected chi connectivity index (χ0v) is 14.1. The van der Waals surface area contributed by atoms with Crippen LogP contribution in [0.5, 0.6) is 0 Å². The molecule has 1 aliphatic heterocycles. The maximum Gasteiger partial charge on any atom is 0.0644 e. The van der Waals surface area contributed by atoms with Gasteiger partial charge in [0, 0.05) is 23.8 Å². The van der Waals surface area contributed by atoms with E-state index in [1.54, 1.807) is 0 Å². The molecule has 1 fully saturated rings. The van der Waals surface area contributed by atoms with Gasteiger partial charge in [-0.25, -0.2) is 0 Å². The summed E-state index contributed by atoms with van der Waals surface area (Å²) < 4.78 is 1.95. The molecule has 0 aromatic carbocycles. The van der Waals surface area contributed by atoms with Crippen molar-refractivity contribution in [1.82, 2.24) is 14.7 Å². The SMILES string of the molecule is Cc1nn(CCO)c(C)c1CN1CCCCC1CC(C)C. The Morgan fingerprint density at radius 1 is 1.29 bits per heavy atom. The van der Waals surface area contributed by atoms with Crippen molar-refractivity contribution in [2.45, 2.75) is 72.5 Å². The van der Waals surface area contributed by atoms with Gasteiger partial charge in [-0.2, -0.15) is 5.10 Å². The van der Waals surface area contributed by atoms with E-state index in [-0.39, 0.29) is 6.61 Å². The van der Waals surface area contributed by atoms with E-state index in [2.05, 4.69) is 37.7 Å². The van der Waals surface area contributed by atoms with Gasteiger partial charge in [-0.1, -0.05) is 20.3 Å². The molecule has 1 aromatic rings. The van der Waals surface area contributed by atoms with Crippen molar-refractivity contribution in [2.75, 3.05) is 13.2 Å². The molecule has 1 N–H and O–H groups in total. The number of aliphatic hydroxyl groups is 1. The molecule has 2 rings (SSSR count). The molecule has 1 unspecified atom stereocenters. The van der Waals surface area contributed by atoms with Crippen LogP contribution in [0.2, 0.25) is 0 Å². The Morgan fingerprint density at radius 2 is 2.05 bits per heavy atom. The molecular weight excluding hydrogens is 262 g/mol. The van der Waals surface area contributed by atoms with Crippen LogP contribution < -0.4 is 0 Å². The number of hydrogen-bond acceptors (Lipinski definition) is 3. The molecule has 0 aliphatic carbocycles. The third kappa shape index (κ3) is 4.07. The summed E-state index contributed by atoms with van der Waals surface area (Å²) in [7, 11) is 0. The van der Waals surface area contributed by atoms with Crippen LogP contribution in [0, 0.1) is 19.8 Å². The number of likely N-dealkylation sites (tertiary alicyclic amines) is 1. The second kappa shape index (κ2) is 7.41. The van der Waals surface area contributed by atoms with E-state index in [1.165, 1.54) is 43.5 Å². The highest BCUT2D eigenvalue weighted by Gasteiger charge is 2.25. The fourth-order valence-corrected chi connectivity index (χ4v) is 3.56. The maximum atomic E-state index is 9.14. The van der Waals surface area contributed by atoms with Gasteiger partial charge < -0.3 is 5.11 Å². The summed E-state index contributed by atoms with van der Waals surface area (Å²) in [5, 5.41) is 13.7. The van der Waals surface area contributed by atoms with Crippen LogP contribution in [-0.4, -0.2) is 39.0 Å². The number of nitrogens with zero attached hydrogens (tertiary/aromatic N) is 3. The van der Waals surface area contributed by atoms with Gasteiger partial charge in [0.05, 0.1) is 18.8 Å². The smallest absolute Gasteiger partial charge is 0.0644 e. The Hall–Kier alpha value is -0.870. The van der Waals surface area contributed by atoms with Crippen LogP contribution in [0.1, 0.15) is 56.5 Å². The van der Waals surface area contributed by atoms with Gasteiger partial charge in [0.1, 0.15) is 0 Å². The van der Waals surface area contributed by atoms with Gasteiger partial charge in [0.15, 0.2) is 0 Å². The molecule has 0 bridgehead atoms. The van der Waals surface area contributed by atoms with E-state index < -0.39 is 0 Å². The highest BCUT2D eigenvalue weighted by atomic mass is 16.3. The van der Waals surface area contributed by atoms with Crippen molar-refractivity contribution in [3.05, 3.63) is 17.0 Å². The van der Waals surface area contributed by atoms with Crippen LogP contribution in [-0.2, 0) is 13.1 Å². The highest BCUT2D eigenvalue weighted by Crippen LogP contribution is 2.26. The first-order valence-corrected chi connectivity index (χ1v) is 8.40. The summed E-state index contributed by atoms with van der Waals surface area (Å²) in [6.07, 6.45) is 5.32. The molecular formula is C17H31N3O. The molecule has 1 atom stereocenters. The standard InChI is InChI=1S/C17H31N3O/c1-13(2)11-16-7-5-6-8-19(16)12-17-14(3)18-20(9-10-21)15(17)4/h13,16,21H,5-12H2,1-4H3. The zero-order valence-electron chi connectivity index (χ0n) is 14.1. The van der Waals surface area contributed by atoms with Crippen LogP contribution in [0.3, 0.4) is 0 Å². The lowest BCUT2D eigenvalue weighted by Gasteiger charge is -2.36. The van der Waals surface area contributed by atoms with E-state index in [4.69, 9.17) is 5.11 Å². The molecule has 0 saturated carbocycles. The number of rotatable bonds is 6. The Kier molecular flexibility index (Phi) is 5.82. The van der Waals surface area contributed by atoms with Crippen molar-refractivity contribution in [2.24, 2.45) is 5.92 Å². The zero-order chi connectivity index (χ0) is 15.4. The van der Waals surface area contributed by atoms with Crippen molar-refractivity contribution in [3.63, 3.8) is 0 Å². The topological polar surface area (TPSA) is 41.3 Å². The summed E-state index contributed by atoms with van der Waals surface area (Å²) in [6.45, 7) is 11.8. The van der Waals surface area contributed by atoms with Crippen molar-refractivity contribution >= 4 is 0 Å². The van der Waals surface area contributed by atoms with Crippen molar-refractivity contribution < 1.29 is 5.11 Å². The lowest BCUT2D eigenvalue weighted by Crippen LogP contribution is -2.39. The molecule has 0 amide bonds. The average molecular weight is 293 g/mol. The number of aryl methyl sites for hydroxylation is 1. The summed E-state index contributed by atoms with van der Waals surface area (Å²) in [4.78, 5) is 2.66. The minimum Gasteiger partial charge on any atom is -0.394 e. The fourth-order valence-electron chi connectivity index (χ4n) is 3.56. The molecule has 1 aliphatic rings. The van der Waals surface area contributed by atoms with E-state index in [0.717, 1.165) is 24.2 Å². The highest BCUT2D eigenvalue weighted by molar-refractivity contribution is 5.24. The Morgan fingerprint density at radius 3 is 2.71 bits per heavy atom. The average Bonchev–Trinajstić information content (AvgIpc) is 2.68. The Bertz CT molecular complexity index is 453. The third-order valence-corrected chi connectivity index (χ3v) is 4.70. The van der Waals surface area contributed by atoms with Gasteiger partial charge in [0.2, 0.25) is 0 Å².